The number of hydrogen-bond donors (Lipinski definition) is 2. The lowest BCUT2D eigenvalue weighted by molar-refractivity contribution is 0.623. The van der Waals surface area contributed by atoms with Crippen LogP contribution >= 0.6 is 0 Å². The van der Waals surface area contributed by atoms with E-state index in [2.05, 4.69) is 20.6 Å². The van der Waals surface area contributed by atoms with Gasteiger partial charge in [-0.25, -0.2) is 14.4 Å². The van der Waals surface area contributed by atoms with Crippen LogP contribution in [0.3, 0.4) is 0 Å². The quantitative estimate of drug-likeness (QED) is 0.882. The van der Waals surface area contributed by atoms with Gasteiger partial charge in [-0.2, -0.15) is 0 Å². The molecule has 1 aliphatic heterocycles. The van der Waals surface area contributed by atoms with Gasteiger partial charge in [-0.05, 0) is 30.7 Å². The highest BCUT2D eigenvalue weighted by Crippen LogP contribution is 2.19. The topological polar surface area (TPSA) is 49.8 Å². The maximum Gasteiger partial charge on any atom is 0.133 e. The molecule has 0 radical (unpaired) electrons. The molecule has 2 N–H and O–H groups in total. The fourth-order valence-corrected chi connectivity index (χ4v) is 2.27. The van der Waals surface area contributed by atoms with Crippen LogP contribution in [-0.4, -0.2) is 16.5 Å². The maximum atomic E-state index is 13.1. The van der Waals surface area contributed by atoms with Crippen molar-refractivity contribution in [2.24, 2.45) is 0 Å². The molecule has 1 aliphatic rings. The Bertz CT molecular complexity index is 585. The van der Waals surface area contributed by atoms with Gasteiger partial charge >= 0.3 is 0 Å². The number of aromatic nitrogens is 2. The lowest BCUT2D eigenvalue weighted by Crippen LogP contribution is -2.26. The van der Waals surface area contributed by atoms with Crippen molar-refractivity contribution in [3.8, 4) is 0 Å². The van der Waals surface area contributed by atoms with Gasteiger partial charge in [0, 0.05) is 18.7 Å². The van der Waals surface area contributed by atoms with E-state index in [1.807, 2.05) is 6.07 Å². The van der Waals surface area contributed by atoms with Crippen LogP contribution in [-0.2, 0) is 19.5 Å². The molecule has 0 aliphatic carbocycles. The Balaban J connectivity index is 1.77. The Morgan fingerprint density at radius 2 is 2.26 bits per heavy atom. The summed E-state index contributed by atoms with van der Waals surface area (Å²) in [6.07, 6.45) is 2.49. The Morgan fingerprint density at radius 3 is 3.16 bits per heavy atom. The summed E-state index contributed by atoms with van der Waals surface area (Å²) in [7, 11) is 0. The molecule has 19 heavy (non-hydrogen) atoms. The van der Waals surface area contributed by atoms with Gasteiger partial charge in [0.25, 0.3) is 0 Å². The number of rotatable bonds is 3. The zero-order valence-corrected chi connectivity index (χ0v) is 10.5. The van der Waals surface area contributed by atoms with Crippen LogP contribution in [0, 0.1) is 5.82 Å². The molecule has 0 saturated heterocycles. The molecule has 0 amide bonds. The standard InChI is InChI=1S/C14H15FN4/c15-11-3-1-2-10(6-11)7-17-14-12-4-5-16-8-13(12)18-9-19-14/h1-3,6,9,16H,4-5,7-8H2,(H,17,18,19). The molecule has 1 aromatic heterocycles. The van der Waals surface area contributed by atoms with E-state index < -0.39 is 0 Å². The summed E-state index contributed by atoms with van der Waals surface area (Å²) in [5, 5.41) is 6.55. The van der Waals surface area contributed by atoms with Crippen LogP contribution in [0.1, 0.15) is 16.8 Å². The van der Waals surface area contributed by atoms with E-state index in [9.17, 15) is 4.39 Å². The summed E-state index contributed by atoms with van der Waals surface area (Å²) >= 11 is 0. The summed E-state index contributed by atoms with van der Waals surface area (Å²) in [4.78, 5) is 8.56. The summed E-state index contributed by atoms with van der Waals surface area (Å²) in [6, 6.07) is 6.58. The van der Waals surface area contributed by atoms with Crippen molar-refractivity contribution in [1.29, 1.82) is 0 Å². The maximum absolute atomic E-state index is 13.1. The van der Waals surface area contributed by atoms with Crippen molar-refractivity contribution >= 4 is 5.82 Å². The van der Waals surface area contributed by atoms with Gasteiger partial charge in [0.15, 0.2) is 0 Å². The SMILES string of the molecule is Fc1cccc(CNc2ncnc3c2CCNC3)c1. The number of nitrogens with one attached hydrogen (secondary N) is 2. The Hall–Kier alpha value is -2.01. The van der Waals surface area contributed by atoms with Crippen molar-refractivity contribution in [2.45, 2.75) is 19.5 Å². The van der Waals surface area contributed by atoms with Crippen molar-refractivity contribution in [3.63, 3.8) is 0 Å². The Labute approximate surface area is 111 Å². The van der Waals surface area contributed by atoms with E-state index in [0.29, 0.717) is 6.54 Å². The van der Waals surface area contributed by atoms with Crippen molar-refractivity contribution in [3.05, 3.63) is 53.2 Å². The van der Waals surface area contributed by atoms with Crippen LogP contribution in [0.15, 0.2) is 30.6 Å². The lowest BCUT2D eigenvalue weighted by Gasteiger charge is -2.19. The third-order valence-electron chi connectivity index (χ3n) is 3.23. The van der Waals surface area contributed by atoms with E-state index in [1.54, 1.807) is 12.4 Å². The van der Waals surface area contributed by atoms with Gasteiger partial charge in [-0.3, -0.25) is 0 Å². The second-order valence-corrected chi connectivity index (χ2v) is 4.56. The summed E-state index contributed by atoms with van der Waals surface area (Å²) in [6.45, 7) is 2.29. The molecular weight excluding hydrogens is 243 g/mol. The number of nitrogens with zero attached hydrogens (tertiary/aromatic N) is 2. The molecule has 5 heteroatoms. The fourth-order valence-electron chi connectivity index (χ4n) is 2.27. The highest BCUT2D eigenvalue weighted by Gasteiger charge is 2.14. The second-order valence-electron chi connectivity index (χ2n) is 4.56. The number of anilines is 1. The van der Waals surface area contributed by atoms with Gasteiger partial charge in [0.05, 0.1) is 5.69 Å². The molecule has 2 aromatic rings. The first-order chi connectivity index (χ1) is 9.33. The van der Waals surface area contributed by atoms with Crippen LogP contribution in [0.5, 0.6) is 0 Å². The predicted molar refractivity (Wildman–Crippen MR) is 71.2 cm³/mol. The summed E-state index contributed by atoms with van der Waals surface area (Å²) in [5.74, 6) is 0.643. The van der Waals surface area contributed by atoms with Crippen molar-refractivity contribution in [2.75, 3.05) is 11.9 Å². The number of halogens is 1. The minimum absolute atomic E-state index is 0.215. The van der Waals surface area contributed by atoms with Gasteiger partial charge in [0.1, 0.15) is 18.0 Å². The first-order valence-corrected chi connectivity index (χ1v) is 6.35. The molecule has 0 unspecified atom stereocenters. The molecule has 0 fully saturated rings. The number of benzene rings is 1. The van der Waals surface area contributed by atoms with Crippen molar-refractivity contribution in [1.82, 2.24) is 15.3 Å². The molecule has 1 aromatic carbocycles. The molecule has 4 nitrogen and oxygen atoms in total. The smallest absolute Gasteiger partial charge is 0.133 e. The lowest BCUT2D eigenvalue weighted by atomic mass is 10.1. The van der Waals surface area contributed by atoms with Crippen LogP contribution in [0.25, 0.3) is 0 Å². The zero-order chi connectivity index (χ0) is 13.1. The van der Waals surface area contributed by atoms with Gasteiger partial charge < -0.3 is 10.6 Å². The average molecular weight is 258 g/mol. The average Bonchev–Trinajstić information content (AvgIpc) is 2.45. The molecular formula is C14H15FN4. The Kier molecular flexibility index (Phi) is 3.37. The second kappa shape index (κ2) is 5.32. The number of fused-ring (bicyclic) bond motifs is 1. The highest BCUT2D eigenvalue weighted by molar-refractivity contribution is 5.47. The highest BCUT2D eigenvalue weighted by atomic mass is 19.1. The zero-order valence-electron chi connectivity index (χ0n) is 10.5. The van der Waals surface area contributed by atoms with E-state index >= 15 is 0 Å². The van der Waals surface area contributed by atoms with Crippen LogP contribution < -0.4 is 10.6 Å². The summed E-state index contributed by atoms with van der Waals surface area (Å²) in [5.41, 5.74) is 3.11. The monoisotopic (exact) mass is 258 g/mol. The first kappa shape index (κ1) is 12.0. The van der Waals surface area contributed by atoms with E-state index in [1.165, 1.54) is 12.1 Å². The largest absolute Gasteiger partial charge is 0.366 e. The predicted octanol–water partition coefficient (Wildman–Crippen LogP) is 1.87. The summed E-state index contributed by atoms with van der Waals surface area (Å²) < 4.78 is 13.1. The number of hydrogen-bond acceptors (Lipinski definition) is 4. The van der Waals surface area contributed by atoms with E-state index in [0.717, 1.165) is 42.1 Å². The van der Waals surface area contributed by atoms with Gasteiger partial charge in [-0.15, -0.1) is 0 Å². The fraction of sp³-hybridized carbons (Fsp3) is 0.286. The molecule has 98 valence electrons. The van der Waals surface area contributed by atoms with Crippen LogP contribution in [0.4, 0.5) is 10.2 Å². The molecule has 3 rings (SSSR count). The molecule has 0 saturated carbocycles. The molecule has 0 atom stereocenters. The third-order valence-corrected chi connectivity index (χ3v) is 3.23. The molecule has 0 spiro atoms. The minimum atomic E-state index is -0.215. The van der Waals surface area contributed by atoms with E-state index in [-0.39, 0.29) is 5.82 Å². The molecule has 0 bridgehead atoms. The van der Waals surface area contributed by atoms with Gasteiger partial charge in [0.2, 0.25) is 0 Å². The molecule has 2 heterocycles. The minimum Gasteiger partial charge on any atom is -0.366 e. The first-order valence-electron chi connectivity index (χ1n) is 6.35. The van der Waals surface area contributed by atoms with E-state index in [4.69, 9.17) is 0 Å². The Morgan fingerprint density at radius 1 is 1.32 bits per heavy atom. The normalized spacial score (nSPS) is 13.9. The third kappa shape index (κ3) is 2.71. The van der Waals surface area contributed by atoms with Crippen molar-refractivity contribution < 1.29 is 4.39 Å². The van der Waals surface area contributed by atoms with Gasteiger partial charge in [-0.1, -0.05) is 12.1 Å². The van der Waals surface area contributed by atoms with Crippen LogP contribution in [0.2, 0.25) is 0 Å².